The summed E-state index contributed by atoms with van der Waals surface area (Å²) < 4.78 is 0. The highest BCUT2D eigenvalue weighted by Gasteiger charge is 2.31. The molecule has 3 rings (SSSR count). The van der Waals surface area contributed by atoms with Crippen LogP contribution in [0.3, 0.4) is 0 Å². The van der Waals surface area contributed by atoms with Crippen molar-refractivity contribution in [3.63, 3.8) is 0 Å². The predicted molar refractivity (Wildman–Crippen MR) is 101 cm³/mol. The molecule has 0 saturated heterocycles. The number of phenolic OH excluding ortho intramolecular Hbond substituents is 1. The number of phenols is 1. The molecule has 6 heteroatoms. The predicted octanol–water partition coefficient (Wildman–Crippen LogP) is 1.77. The van der Waals surface area contributed by atoms with E-state index in [-0.39, 0.29) is 11.2 Å². The summed E-state index contributed by atoms with van der Waals surface area (Å²) in [5.41, 5.74) is 6.91. The zero-order valence-corrected chi connectivity index (χ0v) is 14.4. The fraction of sp³-hybridized carbons (Fsp3) is 0.250. The number of aliphatic imine (C=N–C) groups is 1. The number of rotatable bonds is 7. The Morgan fingerprint density at radius 3 is 2.69 bits per heavy atom. The molecule has 0 radical (unpaired) electrons. The number of amides is 1. The summed E-state index contributed by atoms with van der Waals surface area (Å²) in [6, 6.07) is 9.90. The molecule has 2 heterocycles. The molecule has 0 bridgehead atoms. The van der Waals surface area contributed by atoms with Crippen LogP contribution in [-0.4, -0.2) is 35.3 Å². The average Bonchev–Trinajstić information content (AvgIpc) is 2.65. The minimum Gasteiger partial charge on any atom is -0.508 e. The minimum absolute atomic E-state index is 0.0455. The van der Waals surface area contributed by atoms with Crippen molar-refractivity contribution in [1.82, 2.24) is 10.3 Å². The van der Waals surface area contributed by atoms with Gasteiger partial charge in [0, 0.05) is 42.7 Å². The number of carbonyl (C=O) groups excluding carboxylic acids is 1. The number of hydrogen-bond acceptors (Lipinski definition) is 5. The summed E-state index contributed by atoms with van der Waals surface area (Å²) in [6.07, 6.45) is 10.1. The lowest BCUT2D eigenvalue weighted by atomic mass is 9.80. The highest BCUT2D eigenvalue weighted by Crippen LogP contribution is 2.29. The van der Waals surface area contributed by atoms with Crippen molar-refractivity contribution < 1.29 is 9.90 Å². The normalized spacial score (nSPS) is 20.0. The maximum atomic E-state index is 12.0. The van der Waals surface area contributed by atoms with E-state index in [1.54, 1.807) is 42.9 Å². The van der Waals surface area contributed by atoms with Crippen LogP contribution in [0.1, 0.15) is 17.2 Å². The standard InChI is InChI=1S/C20H22N4O2/c21-19(26)18(16-4-1-2-5-17(16)25)24-14-20(8-3-9-23-13-20)12-15-6-10-22-11-7-15/h1-11,18,24-25H,12-14H2,(H2,21,26). The van der Waals surface area contributed by atoms with E-state index in [1.807, 2.05) is 18.2 Å². The number of primary amides is 1. The third-order valence-electron chi connectivity index (χ3n) is 4.54. The molecule has 0 spiro atoms. The Kier molecular flexibility index (Phi) is 5.43. The molecule has 6 nitrogen and oxygen atoms in total. The van der Waals surface area contributed by atoms with Crippen LogP contribution in [0.2, 0.25) is 0 Å². The molecule has 0 aliphatic carbocycles. The van der Waals surface area contributed by atoms with Crippen molar-refractivity contribution in [2.75, 3.05) is 13.1 Å². The molecular formula is C20H22N4O2. The molecule has 134 valence electrons. The van der Waals surface area contributed by atoms with Gasteiger partial charge in [0.25, 0.3) is 0 Å². The Labute approximate surface area is 152 Å². The Balaban J connectivity index is 1.80. The first kappa shape index (κ1) is 17.8. The summed E-state index contributed by atoms with van der Waals surface area (Å²) in [5.74, 6) is -0.488. The summed E-state index contributed by atoms with van der Waals surface area (Å²) in [4.78, 5) is 20.4. The smallest absolute Gasteiger partial charge is 0.239 e. The molecule has 2 aromatic rings. The molecule has 1 aliphatic heterocycles. The summed E-state index contributed by atoms with van der Waals surface area (Å²) in [5, 5.41) is 13.3. The number of nitrogens with one attached hydrogen (secondary N) is 1. The van der Waals surface area contributed by atoms with Crippen LogP contribution >= 0.6 is 0 Å². The fourth-order valence-corrected chi connectivity index (χ4v) is 3.20. The lowest BCUT2D eigenvalue weighted by Crippen LogP contribution is -2.43. The molecule has 1 aromatic carbocycles. The number of hydrogen-bond donors (Lipinski definition) is 3. The number of allylic oxidation sites excluding steroid dienone is 1. The largest absolute Gasteiger partial charge is 0.508 e. The summed E-state index contributed by atoms with van der Waals surface area (Å²) >= 11 is 0. The molecule has 26 heavy (non-hydrogen) atoms. The molecule has 1 amide bonds. The summed E-state index contributed by atoms with van der Waals surface area (Å²) in [7, 11) is 0. The van der Waals surface area contributed by atoms with E-state index in [9.17, 15) is 9.90 Å². The van der Waals surface area contributed by atoms with Gasteiger partial charge < -0.3 is 16.2 Å². The summed E-state index contributed by atoms with van der Waals surface area (Å²) in [6.45, 7) is 1.09. The van der Waals surface area contributed by atoms with Crippen LogP contribution in [0.25, 0.3) is 0 Å². The average molecular weight is 350 g/mol. The van der Waals surface area contributed by atoms with Gasteiger partial charge in [-0.05, 0) is 36.3 Å². The number of nitrogens with zero attached hydrogens (tertiary/aromatic N) is 2. The van der Waals surface area contributed by atoms with Crippen molar-refractivity contribution in [1.29, 1.82) is 0 Å². The van der Waals surface area contributed by atoms with Gasteiger partial charge in [0.05, 0.1) is 0 Å². The number of nitrogens with two attached hydrogens (primary N) is 1. The van der Waals surface area contributed by atoms with Crippen LogP contribution in [0, 0.1) is 5.41 Å². The van der Waals surface area contributed by atoms with Gasteiger partial charge in [0.1, 0.15) is 11.8 Å². The van der Waals surface area contributed by atoms with E-state index in [0.717, 1.165) is 12.0 Å². The van der Waals surface area contributed by atoms with E-state index in [1.165, 1.54) is 0 Å². The Bertz CT molecular complexity index is 820. The zero-order chi connectivity index (χ0) is 18.4. The highest BCUT2D eigenvalue weighted by molar-refractivity contribution is 5.82. The number of dihydropyridines is 1. The first-order valence-corrected chi connectivity index (χ1v) is 8.47. The van der Waals surface area contributed by atoms with Crippen LogP contribution in [0.4, 0.5) is 0 Å². The molecule has 0 fully saturated rings. The lowest BCUT2D eigenvalue weighted by Gasteiger charge is -2.33. The monoisotopic (exact) mass is 350 g/mol. The quantitative estimate of drug-likeness (QED) is 0.708. The number of para-hydroxylation sites is 1. The maximum absolute atomic E-state index is 12.0. The van der Waals surface area contributed by atoms with Gasteiger partial charge in [-0.3, -0.25) is 14.8 Å². The van der Waals surface area contributed by atoms with Gasteiger partial charge in [0.2, 0.25) is 5.91 Å². The van der Waals surface area contributed by atoms with Crippen LogP contribution in [0.15, 0.2) is 65.9 Å². The Hall–Kier alpha value is -2.99. The van der Waals surface area contributed by atoms with E-state index in [0.29, 0.717) is 18.7 Å². The maximum Gasteiger partial charge on any atom is 0.239 e. The third-order valence-corrected chi connectivity index (χ3v) is 4.54. The topological polar surface area (TPSA) is 101 Å². The van der Waals surface area contributed by atoms with Gasteiger partial charge in [-0.2, -0.15) is 0 Å². The second-order valence-electron chi connectivity index (χ2n) is 6.52. The van der Waals surface area contributed by atoms with Crippen molar-refractivity contribution in [2.45, 2.75) is 12.5 Å². The van der Waals surface area contributed by atoms with Crippen LogP contribution in [0.5, 0.6) is 5.75 Å². The molecule has 0 saturated carbocycles. The van der Waals surface area contributed by atoms with Gasteiger partial charge >= 0.3 is 0 Å². The fourth-order valence-electron chi connectivity index (χ4n) is 3.20. The van der Waals surface area contributed by atoms with Crippen LogP contribution in [-0.2, 0) is 11.2 Å². The molecule has 2 unspecified atom stereocenters. The second-order valence-corrected chi connectivity index (χ2v) is 6.52. The molecule has 4 N–H and O–H groups in total. The number of pyridine rings is 1. The zero-order valence-electron chi connectivity index (χ0n) is 14.4. The van der Waals surface area contributed by atoms with E-state index in [2.05, 4.69) is 21.4 Å². The molecule has 1 aromatic heterocycles. The van der Waals surface area contributed by atoms with E-state index >= 15 is 0 Å². The molecule has 1 aliphatic rings. The first-order chi connectivity index (χ1) is 12.6. The van der Waals surface area contributed by atoms with Crippen molar-refractivity contribution >= 4 is 12.1 Å². The van der Waals surface area contributed by atoms with E-state index in [4.69, 9.17) is 5.73 Å². The SMILES string of the molecule is NC(=O)C(NCC1(Cc2ccncc2)C=CC=NC1)c1ccccc1O. The second kappa shape index (κ2) is 7.93. The van der Waals surface area contributed by atoms with Crippen LogP contribution < -0.4 is 11.1 Å². The number of aromatic hydroxyl groups is 1. The van der Waals surface area contributed by atoms with Crippen molar-refractivity contribution in [3.05, 3.63) is 72.1 Å². The Morgan fingerprint density at radius 2 is 2.04 bits per heavy atom. The number of aromatic nitrogens is 1. The van der Waals surface area contributed by atoms with Crippen molar-refractivity contribution in [3.8, 4) is 5.75 Å². The highest BCUT2D eigenvalue weighted by atomic mass is 16.3. The first-order valence-electron chi connectivity index (χ1n) is 8.47. The van der Waals surface area contributed by atoms with Gasteiger partial charge in [-0.15, -0.1) is 0 Å². The number of benzene rings is 1. The van der Waals surface area contributed by atoms with Gasteiger partial charge in [0.15, 0.2) is 0 Å². The number of carbonyl (C=O) groups is 1. The van der Waals surface area contributed by atoms with Crippen molar-refractivity contribution in [2.24, 2.45) is 16.1 Å². The molecular weight excluding hydrogens is 328 g/mol. The lowest BCUT2D eigenvalue weighted by molar-refractivity contribution is -0.120. The molecule has 2 atom stereocenters. The van der Waals surface area contributed by atoms with Gasteiger partial charge in [-0.25, -0.2) is 0 Å². The third kappa shape index (κ3) is 4.15. The minimum atomic E-state index is -0.773. The van der Waals surface area contributed by atoms with E-state index < -0.39 is 11.9 Å². The van der Waals surface area contributed by atoms with Gasteiger partial charge in [-0.1, -0.05) is 24.3 Å². The Morgan fingerprint density at radius 1 is 1.27 bits per heavy atom.